The van der Waals surface area contributed by atoms with Crippen molar-refractivity contribution in [2.24, 2.45) is 5.92 Å². The van der Waals surface area contributed by atoms with E-state index in [0.29, 0.717) is 11.0 Å². The van der Waals surface area contributed by atoms with Gasteiger partial charge in [-0.3, -0.25) is 4.79 Å². The number of aromatic nitrogens is 1. The van der Waals surface area contributed by atoms with Gasteiger partial charge in [0.2, 0.25) is 5.91 Å². The predicted octanol–water partition coefficient (Wildman–Crippen LogP) is 4.45. The number of nitrogens with one attached hydrogen (secondary N) is 1. The van der Waals surface area contributed by atoms with E-state index in [-0.39, 0.29) is 11.8 Å². The summed E-state index contributed by atoms with van der Waals surface area (Å²) in [6, 6.07) is 8.70. The fourth-order valence-corrected chi connectivity index (χ4v) is 2.77. The SMILES string of the molecule is CC(C)C(=O)Nc1ncc(Cc2ccc(C(C)C)cc2)s1. The van der Waals surface area contributed by atoms with Gasteiger partial charge in [0.1, 0.15) is 0 Å². The number of carbonyl (C=O) groups is 1. The van der Waals surface area contributed by atoms with Gasteiger partial charge in [-0.1, -0.05) is 52.0 Å². The highest BCUT2D eigenvalue weighted by atomic mass is 32.1. The van der Waals surface area contributed by atoms with Crippen LogP contribution in [0.2, 0.25) is 0 Å². The van der Waals surface area contributed by atoms with Crippen molar-refractivity contribution < 1.29 is 4.79 Å². The minimum absolute atomic E-state index is 0.0113. The zero-order valence-electron chi connectivity index (χ0n) is 13.0. The minimum atomic E-state index is -0.0269. The fourth-order valence-electron chi connectivity index (χ4n) is 1.92. The lowest BCUT2D eigenvalue weighted by molar-refractivity contribution is -0.118. The second kappa shape index (κ2) is 6.85. The Labute approximate surface area is 130 Å². The number of carbonyl (C=O) groups excluding carboxylic acids is 1. The molecule has 0 atom stereocenters. The fraction of sp³-hybridized carbons (Fsp3) is 0.412. The minimum Gasteiger partial charge on any atom is -0.302 e. The Kier molecular flexibility index (Phi) is 5.12. The van der Waals surface area contributed by atoms with E-state index in [1.54, 1.807) is 11.3 Å². The standard InChI is InChI=1S/C17H22N2OS/c1-11(2)14-7-5-13(6-8-14)9-15-10-18-17(21-15)19-16(20)12(3)4/h5-8,10-12H,9H2,1-4H3,(H,18,19,20). The van der Waals surface area contributed by atoms with Crippen LogP contribution in [-0.4, -0.2) is 10.9 Å². The molecule has 2 aromatic rings. The first kappa shape index (κ1) is 15.7. The highest BCUT2D eigenvalue weighted by molar-refractivity contribution is 7.15. The van der Waals surface area contributed by atoms with Crippen molar-refractivity contribution in [2.75, 3.05) is 5.32 Å². The van der Waals surface area contributed by atoms with Crippen LogP contribution >= 0.6 is 11.3 Å². The van der Waals surface area contributed by atoms with Gasteiger partial charge < -0.3 is 5.32 Å². The van der Waals surface area contributed by atoms with E-state index in [1.165, 1.54) is 11.1 Å². The Balaban J connectivity index is 2.00. The summed E-state index contributed by atoms with van der Waals surface area (Å²) in [6.07, 6.45) is 2.70. The van der Waals surface area contributed by atoms with Crippen LogP contribution in [0.15, 0.2) is 30.5 Å². The second-order valence-corrected chi connectivity index (χ2v) is 6.96. The van der Waals surface area contributed by atoms with E-state index in [9.17, 15) is 4.79 Å². The first-order valence-corrected chi connectivity index (χ1v) is 8.11. The summed E-state index contributed by atoms with van der Waals surface area (Å²) in [6.45, 7) is 8.14. The van der Waals surface area contributed by atoms with Crippen LogP contribution in [0, 0.1) is 5.92 Å². The molecule has 0 saturated heterocycles. The van der Waals surface area contributed by atoms with Crippen LogP contribution in [0.25, 0.3) is 0 Å². The van der Waals surface area contributed by atoms with Gasteiger partial charge >= 0.3 is 0 Å². The number of hydrogen-bond acceptors (Lipinski definition) is 3. The molecule has 0 aliphatic rings. The molecule has 1 heterocycles. The molecule has 1 N–H and O–H groups in total. The molecular formula is C17H22N2OS. The molecule has 0 unspecified atom stereocenters. The summed E-state index contributed by atoms with van der Waals surface area (Å²) >= 11 is 1.54. The molecule has 0 bridgehead atoms. The molecule has 0 radical (unpaired) electrons. The van der Waals surface area contributed by atoms with E-state index in [4.69, 9.17) is 0 Å². The van der Waals surface area contributed by atoms with Gasteiger partial charge in [-0.05, 0) is 17.0 Å². The van der Waals surface area contributed by atoms with Crippen LogP contribution in [0.5, 0.6) is 0 Å². The molecule has 112 valence electrons. The number of hydrogen-bond donors (Lipinski definition) is 1. The maximum atomic E-state index is 11.6. The summed E-state index contributed by atoms with van der Waals surface area (Å²) in [5.41, 5.74) is 2.62. The molecule has 0 aliphatic heterocycles. The van der Waals surface area contributed by atoms with Crippen molar-refractivity contribution in [1.82, 2.24) is 4.98 Å². The van der Waals surface area contributed by atoms with Crippen molar-refractivity contribution in [1.29, 1.82) is 0 Å². The monoisotopic (exact) mass is 302 g/mol. The Hall–Kier alpha value is -1.68. The number of nitrogens with zero attached hydrogens (tertiary/aromatic N) is 1. The third-order valence-corrected chi connectivity index (χ3v) is 4.25. The average Bonchev–Trinajstić information content (AvgIpc) is 2.86. The molecule has 3 nitrogen and oxygen atoms in total. The third-order valence-electron chi connectivity index (χ3n) is 3.33. The lowest BCUT2D eigenvalue weighted by atomic mass is 10.0. The summed E-state index contributed by atoms with van der Waals surface area (Å²) in [5.74, 6) is 0.540. The maximum absolute atomic E-state index is 11.6. The van der Waals surface area contributed by atoms with E-state index in [2.05, 4.69) is 48.4 Å². The van der Waals surface area contributed by atoms with Crippen molar-refractivity contribution in [2.45, 2.75) is 40.0 Å². The molecule has 0 fully saturated rings. The van der Waals surface area contributed by atoms with Crippen LogP contribution < -0.4 is 5.32 Å². The highest BCUT2D eigenvalue weighted by Crippen LogP contribution is 2.22. The Bertz CT molecular complexity index is 600. The number of benzene rings is 1. The van der Waals surface area contributed by atoms with Crippen LogP contribution in [0.4, 0.5) is 5.13 Å². The van der Waals surface area contributed by atoms with Gasteiger partial charge in [0.05, 0.1) is 0 Å². The van der Waals surface area contributed by atoms with Gasteiger partial charge in [0.15, 0.2) is 5.13 Å². The quantitative estimate of drug-likeness (QED) is 0.886. The molecule has 1 amide bonds. The molecule has 1 aromatic heterocycles. The molecule has 0 aliphatic carbocycles. The Morgan fingerprint density at radius 1 is 1.19 bits per heavy atom. The zero-order chi connectivity index (χ0) is 15.4. The van der Waals surface area contributed by atoms with Gasteiger partial charge in [0.25, 0.3) is 0 Å². The number of anilines is 1. The van der Waals surface area contributed by atoms with Crippen LogP contribution in [0.3, 0.4) is 0 Å². The summed E-state index contributed by atoms with van der Waals surface area (Å²) in [7, 11) is 0. The van der Waals surface area contributed by atoms with Crippen molar-refractivity contribution in [3.63, 3.8) is 0 Å². The molecule has 4 heteroatoms. The maximum Gasteiger partial charge on any atom is 0.228 e. The topological polar surface area (TPSA) is 42.0 Å². The molecule has 21 heavy (non-hydrogen) atoms. The number of rotatable bonds is 5. The number of amides is 1. The van der Waals surface area contributed by atoms with Crippen molar-refractivity contribution in [3.05, 3.63) is 46.5 Å². The Morgan fingerprint density at radius 3 is 2.43 bits per heavy atom. The lowest BCUT2D eigenvalue weighted by Gasteiger charge is -2.06. The van der Waals surface area contributed by atoms with Gasteiger partial charge in [-0.2, -0.15) is 0 Å². The zero-order valence-corrected chi connectivity index (χ0v) is 13.8. The molecule has 2 rings (SSSR count). The van der Waals surface area contributed by atoms with Crippen molar-refractivity contribution >= 4 is 22.4 Å². The molecular weight excluding hydrogens is 280 g/mol. The van der Waals surface area contributed by atoms with Crippen molar-refractivity contribution in [3.8, 4) is 0 Å². The second-order valence-electron chi connectivity index (χ2n) is 5.85. The van der Waals surface area contributed by atoms with Gasteiger partial charge in [0, 0.05) is 23.4 Å². The third kappa shape index (κ3) is 4.39. The largest absolute Gasteiger partial charge is 0.302 e. The van der Waals surface area contributed by atoms with Gasteiger partial charge in [-0.15, -0.1) is 11.3 Å². The first-order chi connectivity index (χ1) is 9.95. The predicted molar refractivity (Wildman–Crippen MR) is 88.9 cm³/mol. The van der Waals surface area contributed by atoms with E-state index in [1.807, 2.05) is 20.0 Å². The summed E-state index contributed by atoms with van der Waals surface area (Å²) in [4.78, 5) is 17.1. The average molecular weight is 302 g/mol. The highest BCUT2D eigenvalue weighted by Gasteiger charge is 2.10. The van der Waals surface area contributed by atoms with E-state index < -0.39 is 0 Å². The van der Waals surface area contributed by atoms with E-state index >= 15 is 0 Å². The number of thiazole rings is 1. The Morgan fingerprint density at radius 2 is 1.86 bits per heavy atom. The van der Waals surface area contributed by atoms with Crippen LogP contribution in [-0.2, 0) is 11.2 Å². The summed E-state index contributed by atoms with van der Waals surface area (Å²) in [5, 5.41) is 3.52. The first-order valence-electron chi connectivity index (χ1n) is 7.30. The molecule has 1 aromatic carbocycles. The normalized spacial score (nSPS) is 11.1. The van der Waals surface area contributed by atoms with Crippen LogP contribution in [0.1, 0.15) is 49.6 Å². The van der Waals surface area contributed by atoms with E-state index in [0.717, 1.165) is 11.3 Å². The summed E-state index contributed by atoms with van der Waals surface area (Å²) < 4.78 is 0. The van der Waals surface area contributed by atoms with Gasteiger partial charge in [-0.25, -0.2) is 4.98 Å². The smallest absolute Gasteiger partial charge is 0.228 e. The molecule has 0 saturated carbocycles. The molecule has 0 spiro atoms. The lowest BCUT2D eigenvalue weighted by Crippen LogP contribution is -2.17.